The lowest BCUT2D eigenvalue weighted by molar-refractivity contribution is -0.125. The van der Waals surface area contributed by atoms with Gasteiger partial charge in [-0.25, -0.2) is 4.79 Å². The fourth-order valence-corrected chi connectivity index (χ4v) is 2.51. The molecule has 0 atom stereocenters. The topological polar surface area (TPSA) is 70.7 Å². The second-order valence-corrected chi connectivity index (χ2v) is 6.67. The molecule has 0 fully saturated rings. The average Bonchev–Trinajstić information content (AvgIpc) is 2.88. The third-order valence-corrected chi connectivity index (χ3v) is 3.72. The molecule has 0 saturated heterocycles. The number of urea groups is 1. The van der Waals surface area contributed by atoms with Gasteiger partial charge in [0.1, 0.15) is 0 Å². The molecule has 1 aromatic rings. The minimum Gasteiger partial charge on any atom is -0.383 e. The number of ether oxygens (including phenoxy) is 1. The van der Waals surface area contributed by atoms with Gasteiger partial charge in [-0.3, -0.25) is 4.79 Å². The Morgan fingerprint density at radius 2 is 2.04 bits per heavy atom. The number of nitrogens with one attached hydrogen (secondary N) is 2. The van der Waals surface area contributed by atoms with E-state index in [0.717, 1.165) is 17.7 Å². The summed E-state index contributed by atoms with van der Waals surface area (Å²) in [5, 5.41) is 5.49. The molecule has 23 heavy (non-hydrogen) atoms. The van der Waals surface area contributed by atoms with Crippen LogP contribution in [0.1, 0.15) is 26.3 Å². The van der Waals surface area contributed by atoms with Crippen molar-refractivity contribution in [1.82, 2.24) is 5.32 Å². The molecule has 6 heteroatoms. The summed E-state index contributed by atoms with van der Waals surface area (Å²) in [6.07, 6.45) is 0.845. The van der Waals surface area contributed by atoms with Crippen molar-refractivity contribution in [3.05, 3.63) is 23.8 Å². The van der Waals surface area contributed by atoms with Crippen LogP contribution in [0.5, 0.6) is 0 Å². The number of benzene rings is 1. The summed E-state index contributed by atoms with van der Waals surface area (Å²) < 4.78 is 4.89. The van der Waals surface area contributed by atoms with E-state index in [1.807, 2.05) is 43.9 Å². The molecular formula is C17H25N3O3. The predicted molar refractivity (Wildman–Crippen MR) is 90.9 cm³/mol. The van der Waals surface area contributed by atoms with Gasteiger partial charge in [0, 0.05) is 37.0 Å². The standard InChI is InChI=1S/C17H25N3O3/c1-17(2,3)15(21)20-9-7-12-5-6-13(11-14(12)20)19-16(22)18-8-10-23-4/h5-6,11H,7-10H2,1-4H3,(H2,18,19,22). The monoisotopic (exact) mass is 319 g/mol. The van der Waals surface area contributed by atoms with Gasteiger partial charge in [0.2, 0.25) is 5.91 Å². The zero-order valence-corrected chi connectivity index (χ0v) is 14.2. The van der Waals surface area contributed by atoms with Gasteiger partial charge < -0.3 is 20.3 Å². The molecular weight excluding hydrogens is 294 g/mol. The van der Waals surface area contributed by atoms with Gasteiger partial charge in [-0.15, -0.1) is 0 Å². The minimum atomic E-state index is -0.428. The molecule has 1 aliphatic heterocycles. The van der Waals surface area contributed by atoms with Gasteiger partial charge in [-0.1, -0.05) is 26.8 Å². The van der Waals surface area contributed by atoms with Gasteiger partial charge in [-0.2, -0.15) is 0 Å². The van der Waals surface area contributed by atoms with Gasteiger partial charge in [0.15, 0.2) is 0 Å². The number of fused-ring (bicyclic) bond motifs is 1. The summed E-state index contributed by atoms with van der Waals surface area (Å²) in [7, 11) is 1.58. The van der Waals surface area contributed by atoms with Crippen molar-refractivity contribution < 1.29 is 14.3 Å². The zero-order chi connectivity index (χ0) is 17.0. The lowest BCUT2D eigenvalue weighted by Crippen LogP contribution is -2.38. The second kappa shape index (κ2) is 7.00. The van der Waals surface area contributed by atoms with E-state index in [9.17, 15) is 9.59 Å². The van der Waals surface area contributed by atoms with E-state index in [0.29, 0.717) is 25.4 Å². The van der Waals surface area contributed by atoms with Gasteiger partial charge in [0.25, 0.3) is 0 Å². The largest absolute Gasteiger partial charge is 0.383 e. The number of hydrogen-bond acceptors (Lipinski definition) is 3. The van der Waals surface area contributed by atoms with Crippen LogP contribution >= 0.6 is 0 Å². The first kappa shape index (κ1) is 17.3. The summed E-state index contributed by atoms with van der Waals surface area (Å²) in [5.41, 5.74) is 2.27. The third kappa shape index (κ3) is 4.22. The van der Waals surface area contributed by atoms with E-state index < -0.39 is 5.41 Å². The highest BCUT2D eigenvalue weighted by Crippen LogP contribution is 2.33. The molecule has 0 saturated carbocycles. The van der Waals surface area contributed by atoms with Crippen LogP contribution in [0.4, 0.5) is 16.2 Å². The Bertz CT molecular complexity index is 593. The Morgan fingerprint density at radius 3 is 2.70 bits per heavy atom. The van der Waals surface area contributed by atoms with E-state index in [1.165, 1.54) is 0 Å². The molecule has 0 spiro atoms. The van der Waals surface area contributed by atoms with Crippen LogP contribution in [0.3, 0.4) is 0 Å². The predicted octanol–water partition coefficient (Wildman–Crippen LogP) is 2.39. The summed E-state index contributed by atoms with van der Waals surface area (Å²) in [6, 6.07) is 5.41. The van der Waals surface area contributed by atoms with E-state index >= 15 is 0 Å². The third-order valence-electron chi connectivity index (χ3n) is 3.72. The van der Waals surface area contributed by atoms with Crippen LogP contribution in [-0.2, 0) is 16.0 Å². The number of carbonyl (C=O) groups excluding carboxylic acids is 2. The maximum atomic E-state index is 12.5. The Balaban J connectivity index is 2.09. The number of nitrogens with zero attached hydrogens (tertiary/aromatic N) is 1. The summed E-state index contributed by atoms with van der Waals surface area (Å²) in [6.45, 7) is 7.35. The molecule has 126 valence electrons. The molecule has 0 unspecified atom stereocenters. The maximum absolute atomic E-state index is 12.5. The molecule has 2 N–H and O–H groups in total. The normalized spacial score (nSPS) is 13.7. The Hall–Kier alpha value is -2.08. The van der Waals surface area contributed by atoms with Crippen molar-refractivity contribution in [2.45, 2.75) is 27.2 Å². The highest BCUT2D eigenvalue weighted by molar-refractivity contribution is 6.00. The van der Waals surface area contributed by atoms with Crippen molar-refractivity contribution in [2.75, 3.05) is 37.0 Å². The van der Waals surface area contributed by atoms with Crippen LogP contribution in [-0.4, -0.2) is 38.7 Å². The molecule has 6 nitrogen and oxygen atoms in total. The quantitative estimate of drug-likeness (QED) is 0.837. The van der Waals surface area contributed by atoms with Crippen molar-refractivity contribution in [3.8, 4) is 0 Å². The zero-order valence-electron chi connectivity index (χ0n) is 14.2. The van der Waals surface area contributed by atoms with Gasteiger partial charge in [-0.05, 0) is 24.1 Å². The van der Waals surface area contributed by atoms with E-state index in [-0.39, 0.29) is 11.9 Å². The molecule has 1 aliphatic rings. The minimum absolute atomic E-state index is 0.0953. The molecule has 1 aromatic carbocycles. The highest BCUT2D eigenvalue weighted by Gasteiger charge is 2.32. The fourth-order valence-electron chi connectivity index (χ4n) is 2.51. The number of anilines is 2. The first-order chi connectivity index (χ1) is 10.8. The van der Waals surface area contributed by atoms with Crippen LogP contribution in [0.2, 0.25) is 0 Å². The maximum Gasteiger partial charge on any atom is 0.319 e. The van der Waals surface area contributed by atoms with Crippen LogP contribution in [0.25, 0.3) is 0 Å². The highest BCUT2D eigenvalue weighted by atomic mass is 16.5. The summed E-state index contributed by atoms with van der Waals surface area (Å²) in [4.78, 5) is 26.2. The first-order valence-electron chi connectivity index (χ1n) is 7.81. The average molecular weight is 319 g/mol. The van der Waals surface area contributed by atoms with Crippen LogP contribution in [0, 0.1) is 5.41 Å². The molecule has 0 radical (unpaired) electrons. The number of hydrogen-bond donors (Lipinski definition) is 2. The van der Waals surface area contributed by atoms with Crippen LogP contribution < -0.4 is 15.5 Å². The molecule has 0 aliphatic carbocycles. The lowest BCUT2D eigenvalue weighted by Gasteiger charge is -2.26. The smallest absolute Gasteiger partial charge is 0.319 e. The SMILES string of the molecule is COCCNC(=O)Nc1ccc2c(c1)N(C(=O)C(C)(C)C)CC2. The van der Waals surface area contributed by atoms with Crippen molar-refractivity contribution in [2.24, 2.45) is 5.41 Å². The number of methoxy groups -OCH3 is 1. The fraction of sp³-hybridized carbons (Fsp3) is 0.529. The van der Waals surface area contributed by atoms with E-state index in [2.05, 4.69) is 10.6 Å². The lowest BCUT2D eigenvalue weighted by atomic mass is 9.94. The second-order valence-electron chi connectivity index (χ2n) is 6.67. The molecule has 2 rings (SSSR count). The number of rotatable bonds is 4. The molecule has 3 amide bonds. The first-order valence-corrected chi connectivity index (χ1v) is 7.81. The van der Waals surface area contributed by atoms with Gasteiger partial charge in [0.05, 0.1) is 6.61 Å². The Morgan fingerprint density at radius 1 is 1.30 bits per heavy atom. The Labute approximate surface area is 137 Å². The summed E-state index contributed by atoms with van der Waals surface area (Å²) >= 11 is 0. The van der Waals surface area contributed by atoms with E-state index in [1.54, 1.807) is 7.11 Å². The van der Waals surface area contributed by atoms with Crippen molar-refractivity contribution >= 4 is 23.3 Å². The van der Waals surface area contributed by atoms with Crippen molar-refractivity contribution in [1.29, 1.82) is 0 Å². The summed E-state index contributed by atoms with van der Waals surface area (Å²) in [5.74, 6) is 0.0953. The van der Waals surface area contributed by atoms with Gasteiger partial charge >= 0.3 is 6.03 Å². The molecule has 1 heterocycles. The van der Waals surface area contributed by atoms with Crippen LogP contribution in [0.15, 0.2) is 18.2 Å². The van der Waals surface area contributed by atoms with E-state index in [4.69, 9.17) is 4.74 Å². The molecule has 0 bridgehead atoms. The Kier molecular flexibility index (Phi) is 5.26. The molecule has 0 aromatic heterocycles. The number of carbonyl (C=O) groups is 2. The number of amides is 3. The van der Waals surface area contributed by atoms with Crippen molar-refractivity contribution in [3.63, 3.8) is 0 Å².